The van der Waals surface area contributed by atoms with E-state index in [2.05, 4.69) is 37.6 Å². The van der Waals surface area contributed by atoms with Crippen molar-refractivity contribution in [1.82, 2.24) is 15.8 Å². The van der Waals surface area contributed by atoms with Gasteiger partial charge in [-0.2, -0.15) is 11.3 Å². The van der Waals surface area contributed by atoms with Crippen LogP contribution >= 0.6 is 11.3 Å². The van der Waals surface area contributed by atoms with E-state index in [1.54, 1.807) is 18.4 Å². The maximum absolute atomic E-state index is 5.39. The molecule has 0 amide bonds. The molecule has 0 atom stereocenters. The molecule has 0 aliphatic rings. The maximum Gasteiger partial charge on any atom is 0.191 e. The average molecular weight is 326 g/mol. The molecule has 0 bridgehead atoms. The molecule has 2 heterocycles. The van der Waals surface area contributed by atoms with Gasteiger partial charge in [0, 0.05) is 25.2 Å². The van der Waals surface area contributed by atoms with E-state index in [4.69, 9.17) is 4.52 Å². The lowest BCUT2D eigenvalue weighted by Crippen LogP contribution is -2.36. The third-order valence-corrected chi connectivity index (χ3v) is 4.05. The monoisotopic (exact) mass is 326 g/mol. The summed E-state index contributed by atoms with van der Waals surface area (Å²) in [4.78, 5) is 4.21. The van der Waals surface area contributed by atoms with Crippen molar-refractivity contribution in [3.8, 4) is 11.3 Å². The Morgan fingerprint density at radius 2 is 2.00 bits per heavy atom. The maximum atomic E-state index is 5.39. The van der Waals surface area contributed by atoms with Crippen molar-refractivity contribution in [1.29, 1.82) is 0 Å². The predicted octanol–water partition coefficient (Wildman–Crippen LogP) is 3.27. The minimum atomic E-state index is 0.555. The van der Waals surface area contributed by atoms with Gasteiger partial charge in [0.1, 0.15) is 5.69 Å². The first-order chi connectivity index (χ1) is 11.3. The Bertz CT molecular complexity index is 750. The van der Waals surface area contributed by atoms with E-state index in [0.29, 0.717) is 6.54 Å². The van der Waals surface area contributed by atoms with E-state index in [-0.39, 0.29) is 0 Å². The molecule has 23 heavy (non-hydrogen) atoms. The summed E-state index contributed by atoms with van der Waals surface area (Å²) >= 11 is 1.69. The molecule has 2 N–H and O–H groups in total. The highest BCUT2D eigenvalue weighted by molar-refractivity contribution is 7.07. The molecule has 6 heteroatoms. The molecule has 0 unspecified atom stereocenters. The summed E-state index contributed by atoms with van der Waals surface area (Å²) in [6.45, 7) is 1.30. The van der Waals surface area contributed by atoms with Crippen molar-refractivity contribution < 1.29 is 4.52 Å². The van der Waals surface area contributed by atoms with Gasteiger partial charge in [-0.05, 0) is 22.4 Å². The molecule has 0 saturated heterocycles. The molecule has 0 aliphatic carbocycles. The van der Waals surface area contributed by atoms with E-state index < -0.39 is 0 Å². The van der Waals surface area contributed by atoms with Gasteiger partial charge in [0.2, 0.25) is 0 Å². The van der Waals surface area contributed by atoms with E-state index in [1.807, 2.05) is 36.4 Å². The lowest BCUT2D eigenvalue weighted by molar-refractivity contribution is 0.422. The molecule has 5 nitrogen and oxygen atoms in total. The number of guanidine groups is 1. The quantitative estimate of drug-likeness (QED) is 0.558. The Morgan fingerprint density at radius 1 is 1.17 bits per heavy atom. The molecule has 0 aliphatic heterocycles. The topological polar surface area (TPSA) is 62.5 Å². The average Bonchev–Trinajstić information content (AvgIpc) is 3.27. The van der Waals surface area contributed by atoms with Crippen molar-refractivity contribution >= 4 is 17.3 Å². The number of nitrogens with zero attached hydrogens (tertiary/aromatic N) is 2. The summed E-state index contributed by atoms with van der Waals surface area (Å²) in [5.41, 5.74) is 3.10. The zero-order chi connectivity index (χ0) is 15.9. The fraction of sp³-hybridized carbons (Fsp3) is 0.176. The highest BCUT2D eigenvalue weighted by Crippen LogP contribution is 2.19. The third kappa shape index (κ3) is 4.20. The number of thiophene rings is 1. The zero-order valence-corrected chi connectivity index (χ0v) is 13.6. The second-order valence-electron chi connectivity index (χ2n) is 4.96. The van der Waals surface area contributed by atoms with Gasteiger partial charge in [-0.3, -0.25) is 4.99 Å². The van der Waals surface area contributed by atoms with Crippen LogP contribution in [0.2, 0.25) is 0 Å². The first kappa shape index (κ1) is 15.3. The highest BCUT2D eigenvalue weighted by atomic mass is 32.1. The second-order valence-corrected chi connectivity index (χ2v) is 5.74. The summed E-state index contributed by atoms with van der Waals surface area (Å²) < 4.78 is 5.39. The van der Waals surface area contributed by atoms with Crippen LogP contribution in [0, 0.1) is 0 Å². The number of hydrogen-bond donors (Lipinski definition) is 2. The highest BCUT2D eigenvalue weighted by Gasteiger charge is 2.07. The van der Waals surface area contributed by atoms with Crippen LogP contribution in [0.1, 0.15) is 11.3 Å². The number of aliphatic imine (C=N–C) groups is 1. The smallest absolute Gasteiger partial charge is 0.191 e. The minimum Gasteiger partial charge on any atom is -0.356 e. The van der Waals surface area contributed by atoms with E-state index in [1.165, 1.54) is 5.56 Å². The Kier molecular flexibility index (Phi) is 5.06. The number of nitrogens with one attached hydrogen (secondary N) is 2. The molecule has 3 rings (SSSR count). The Morgan fingerprint density at radius 3 is 2.74 bits per heavy atom. The van der Waals surface area contributed by atoms with Gasteiger partial charge in [0.15, 0.2) is 11.7 Å². The molecular weight excluding hydrogens is 308 g/mol. The molecule has 118 valence electrons. The van der Waals surface area contributed by atoms with E-state index >= 15 is 0 Å². The Balaban J connectivity index is 1.54. The fourth-order valence-electron chi connectivity index (χ4n) is 2.11. The van der Waals surface area contributed by atoms with Crippen LogP contribution in [-0.2, 0) is 13.1 Å². The molecule has 0 spiro atoms. The van der Waals surface area contributed by atoms with E-state index in [9.17, 15) is 0 Å². The number of aromatic nitrogens is 1. The van der Waals surface area contributed by atoms with Gasteiger partial charge in [-0.1, -0.05) is 35.5 Å². The summed E-state index contributed by atoms with van der Waals surface area (Å²) in [6, 6.07) is 14.0. The molecular formula is C17H18N4OS. The molecule has 2 aromatic heterocycles. The number of rotatable bonds is 5. The third-order valence-electron chi connectivity index (χ3n) is 3.32. The summed E-state index contributed by atoms with van der Waals surface area (Å²) in [5.74, 6) is 1.50. The molecule has 0 radical (unpaired) electrons. The van der Waals surface area contributed by atoms with Crippen LogP contribution in [-0.4, -0.2) is 18.2 Å². The Hall–Kier alpha value is -2.60. The van der Waals surface area contributed by atoms with Crippen LogP contribution in [0.15, 0.2) is 62.7 Å². The summed E-state index contributed by atoms with van der Waals surface area (Å²) in [6.07, 6.45) is 0. The number of hydrogen-bond acceptors (Lipinski definition) is 4. The summed E-state index contributed by atoms with van der Waals surface area (Å²) in [7, 11) is 1.75. The van der Waals surface area contributed by atoms with Crippen LogP contribution in [0.4, 0.5) is 0 Å². The molecule has 0 fully saturated rings. The van der Waals surface area contributed by atoms with Crippen molar-refractivity contribution in [3.05, 3.63) is 64.5 Å². The van der Waals surface area contributed by atoms with Crippen molar-refractivity contribution in [2.45, 2.75) is 13.1 Å². The normalized spacial score (nSPS) is 11.4. The Labute approximate surface area is 139 Å². The molecule has 0 saturated carbocycles. The van der Waals surface area contributed by atoms with Gasteiger partial charge in [-0.15, -0.1) is 0 Å². The SMILES string of the molecule is CN=C(NCc1ccsc1)NCc1cc(-c2ccccc2)on1. The lowest BCUT2D eigenvalue weighted by Gasteiger charge is -2.09. The molecule has 1 aromatic carbocycles. The second kappa shape index (κ2) is 7.60. The van der Waals surface area contributed by atoms with Gasteiger partial charge >= 0.3 is 0 Å². The number of benzene rings is 1. The van der Waals surface area contributed by atoms with Crippen LogP contribution < -0.4 is 10.6 Å². The van der Waals surface area contributed by atoms with Gasteiger partial charge in [0.25, 0.3) is 0 Å². The van der Waals surface area contributed by atoms with E-state index in [0.717, 1.165) is 29.5 Å². The van der Waals surface area contributed by atoms with Gasteiger partial charge in [-0.25, -0.2) is 0 Å². The predicted molar refractivity (Wildman–Crippen MR) is 93.3 cm³/mol. The largest absolute Gasteiger partial charge is 0.356 e. The first-order valence-corrected chi connectivity index (χ1v) is 8.26. The zero-order valence-electron chi connectivity index (χ0n) is 12.8. The van der Waals surface area contributed by atoms with Crippen LogP contribution in [0.25, 0.3) is 11.3 Å². The molecule has 3 aromatic rings. The van der Waals surface area contributed by atoms with Crippen molar-refractivity contribution in [3.63, 3.8) is 0 Å². The standard InChI is InChI=1S/C17H18N4OS/c1-18-17(19-10-13-7-8-23-12-13)20-11-15-9-16(22-21-15)14-5-3-2-4-6-14/h2-9,12H,10-11H2,1H3,(H2,18,19,20). The van der Waals surface area contributed by atoms with Crippen LogP contribution in [0.3, 0.4) is 0 Å². The van der Waals surface area contributed by atoms with Crippen molar-refractivity contribution in [2.75, 3.05) is 7.05 Å². The first-order valence-electron chi connectivity index (χ1n) is 7.32. The fourth-order valence-corrected chi connectivity index (χ4v) is 2.78. The van der Waals surface area contributed by atoms with Gasteiger partial charge in [0.05, 0.1) is 6.54 Å². The summed E-state index contributed by atoms with van der Waals surface area (Å²) in [5, 5.41) is 14.8. The van der Waals surface area contributed by atoms with Gasteiger partial charge < -0.3 is 15.2 Å². The van der Waals surface area contributed by atoms with Crippen molar-refractivity contribution in [2.24, 2.45) is 4.99 Å². The van der Waals surface area contributed by atoms with Crippen LogP contribution in [0.5, 0.6) is 0 Å². The minimum absolute atomic E-state index is 0.555. The lowest BCUT2D eigenvalue weighted by atomic mass is 10.2.